The lowest BCUT2D eigenvalue weighted by Crippen LogP contribution is -2.05. The van der Waals surface area contributed by atoms with Gasteiger partial charge in [0.1, 0.15) is 12.7 Å². The fraction of sp³-hybridized carbons (Fsp3) is 0.800. The Morgan fingerprint density at radius 3 is 3.00 bits per heavy atom. The second-order valence-corrected chi connectivity index (χ2v) is 1.76. The van der Waals surface area contributed by atoms with E-state index in [1.807, 2.05) is 0 Å². The second-order valence-electron chi connectivity index (χ2n) is 1.76. The van der Waals surface area contributed by atoms with Crippen molar-refractivity contribution in [2.24, 2.45) is 0 Å². The quantitative estimate of drug-likeness (QED) is 0.375. The van der Waals surface area contributed by atoms with E-state index in [0.29, 0.717) is 6.61 Å². The third-order valence-corrected chi connectivity index (χ3v) is 0.875. The number of carbonyl (C=O) groups is 1. The van der Waals surface area contributed by atoms with Crippen LogP contribution in [0.1, 0.15) is 6.92 Å². The van der Waals surface area contributed by atoms with Crippen molar-refractivity contribution < 1.29 is 14.3 Å². The minimum Gasteiger partial charge on any atom is -0.463 e. The molecule has 0 N–H and O–H groups in total. The molecule has 1 fully saturated rings. The topological polar surface area (TPSA) is 38.8 Å². The normalized spacial score (nSPS) is 24.9. The molecule has 0 bridgehead atoms. The van der Waals surface area contributed by atoms with Gasteiger partial charge in [-0.15, -0.1) is 0 Å². The van der Waals surface area contributed by atoms with Crippen LogP contribution in [0.25, 0.3) is 0 Å². The Bertz CT molecular complexity index is 95.8. The summed E-state index contributed by atoms with van der Waals surface area (Å²) >= 11 is 0. The zero-order valence-electron chi connectivity index (χ0n) is 4.72. The summed E-state index contributed by atoms with van der Waals surface area (Å²) in [5.41, 5.74) is 0. The molecule has 1 heterocycles. The number of hydrogen-bond donors (Lipinski definition) is 0. The van der Waals surface area contributed by atoms with E-state index in [1.54, 1.807) is 0 Å². The maximum Gasteiger partial charge on any atom is 0.302 e. The summed E-state index contributed by atoms with van der Waals surface area (Å²) in [7, 11) is 0. The summed E-state index contributed by atoms with van der Waals surface area (Å²) in [5.74, 6) is -0.236. The van der Waals surface area contributed by atoms with Crippen molar-refractivity contribution in [3.63, 3.8) is 0 Å². The summed E-state index contributed by atoms with van der Waals surface area (Å²) in [6.07, 6.45) is 0.193. The van der Waals surface area contributed by atoms with Gasteiger partial charge in [0.2, 0.25) is 0 Å². The van der Waals surface area contributed by atoms with Crippen LogP contribution in [-0.2, 0) is 14.3 Å². The average molecular weight is 116 g/mol. The van der Waals surface area contributed by atoms with Crippen LogP contribution in [0.15, 0.2) is 0 Å². The first kappa shape index (κ1) is 5.56. The van der Waals surface area contributed by atoms with Crippen LogP contribution in [-0.4, -0.2) is 25.3 Å². The van der Waals surface area contributed by atoms with Crippen LogP contribution in [0.2, 0.25) is 0 Å². The van der Waals surface area contributed by atoms with Gasteiger partial charge in [0, 0.05) is 6.92 Å². The molecular formula is C5H8O3. The lowest BCUT2D eigenvalue weighted by Gasteiger charge is -1.93. The molecule has 1 atom stereocenters. The number of rotatable bonds is 2. The van der Waals surface area contributed by atoms with E-state index in [2.05, 4.69) is 4.74 Å². The third kappa shape index (κ3) is 1.93. The van der Waals surface area contributed by atoms with Crippen molar-refractivity contribution >= 4 is 5.97 Å². The van der Waals surface area contributed by atoms with Gasteiger partial charge in [0.05, 0.1) is 6.61 Å². The molecule has 1 unspecified atom stereocenters. The fourth-order valence-electron chi connectivity index (χ4n) is 0.375. The van der Waals surface area contributed by atoms with E-state index < -0.39 is 0 Å². The Hall–Kier alpha value is -0.570. The minimum absolute atomic E-state index is 0.193. The Labute approximate surface area is 47.6 Å². The van der Waals surface area contributed by atoms with Gasteiger partial charge >= 0.3 is 5.97 Å². The van der Waals surface area contributed by atoms with Gasteiger partial charge in [-0.2, -0.15) is 0 Å². The number of ether oxygens (including phenoxy) is 2. The predicted molar refractivity (Wildman–Crippen MR) is 26.4 cm³/mol. The SMILES string of the molecule is CC(=O)OCC1CO1. The smallest absolute Gasteiger partial charge is 0.302 e. The lowest BCUT2D eigenvalue weighted by molar-refractivity contribution is -0.141. The highest BCUT2D eigenvalue weighted by Crippen LogP contribution is 2.07. The van der Waals surface area contributed by atoms with Crippen LogP contribution < -0.4 is 0 Å². The third-order valence-electron chi connectivity index (χ3n) is 0.875. The zero-order valence-corrected chi connectivity index (χ0v) is 4.72. The maximum absolute atomic E-state index is 10.1. The number of epoxide rings is 1. The second kappa shape index (κ2) is 2.13. The van der Waals surface area contributed by atoms with Gasteiger partial charge < -0.3 is 9.47 Å². The van der Waals surface area contributed by atoms with Gasteiger partial charge in [-0.25, -0.2) is 0 Å². The molecule has 1 rings (SSSR count). The van der Waals surface area contributed by atoms with Crippen LogP contribution in [0, 0.1) is 0 Å². The van der Waals surface area contributed by atoms with E-state index in [9.17, 15) is 4.79 Å². The molecule has 0 aliphatic carbocycles. The maximum atomic E-state index is 10.1. The summed E-state index contributed by atoms with van der Waals surface area (Å²) in [6.45, 7) is 2.56. The highest BCUT2D eigenvalue weighted by atomic mass is 16.6. The summed E-state index contributed by atoms with van der Waals surface area (Å²) in [6, 6.07) is 0. The molecule has 3 nitrogen and oxygen atoms in total. The standard InChI is InChI=1S/C5H8O3/c1-4(6)7-2-5-3-8-5/h5H,2-3H2,1H3. The van der Waals surface area contributed by atoms with Crippen molar-refractivity contribution in [3.8, 4) is 0 Å². The number of esters is 1. The molecule has 0 radical (unpaired) electrons. The molecule has 0 aromatic carbocycles. The molecule has 8 heavy (non-hydrogen) atoms. The Morgan fingerprint density at radius 2 is 2.62 bits per heavy atom. The fourth-order valence-corrected chi connectivity index (χ4v) is 0.375. The predicted octanol–water partition coefficient (Wildman–Crippen LogP) is -0.0517. The van der Waals surface area contributed by atoms with E-state index in [0.717, 1.165) is 6.61 Å². The van der Waals surface area contributed by atoms with E-state index in [1.165, 1.54) is 6.92 Å². The average Bonchev–Trinajstić information content (AvgIpc) is 2.41. The molecular weight excluding hydrogens is 108 g/mol. The molecule has 3 heteroatoms. The van der Waals surface area contributed by atoms with Crippen molar-refractivity contribution in [1.82, 2.24) is 0 Å². The van der Waals surface area contributed by atoms with Crippen LogP contribution in [0.5, 0.6) is 0 Å². The molecule has 1 saturated heterocycles. The summed E-state index contributed by atoms with van der Waals surface area (Å²) in [4.78, 5) is 10.1. The van der Waals surface area contributed by atoms with E-state index in [4.69, 9.17) is 4.74 Å². The molecule has 0 aromatic heterocycles. The first-order valence-corrected chi connectivity index (χ1v) is 2.54. The Morgan fingerprint density at radius 1 is 2.00 bits per heavy atom. The minimum atomic E-state index is -0.236. The largest absolute Gasteiger partial charge is 0.463 e. The summed E-state index contributed by atoms with van der Waals surface area (Å²) < 4.78 is 9.38. The Kier molecular flexibility index (Phi) is 1.48. The molecule has 0 saturated carbocycles. The van der Waals surface area contributed by atoms with Gasteiger partial charge in [-0.05, 0) is 0 Å². The first-order chi connectivity index (χ1) is 3.79. The van der Waals surface area contributed by atoms with Gasteiger partial charge in [0.15, 0.2) is 0 Å². The van der Waals surface area contributed by atoms with E-state index in [-0.39, 0.29) is 12.1 Å². The Balaban J connectivity index is 1.95. The number of carbonyl (C=O) groups excluding carboxylic acids is 1. The molecule has 0 aromatic rings. The highest BCUT2D eigenvalue weighted by molar-refractivity contribution is 5.65. The zero-order chi connectivity index (χ0) is 5.98. The van der Waals surface area contributed by atoms with Crippen molar-refractivity contribution in [1.29, 1.82) is 0 Å². The first-order valence-electron chi connectivity index (χ1n) is 2.54. The summed E-state index contributed by atoms with van der Waals surface area (Å²) in [5, 5.41) is 0. The van der Waals surface area contributed by atoms with Crippen molar-refractivity contribution in [2.45, 2.75) is 13.0 Å². The van der Waals surface area contributed by atoms with E-state index >= 15 is 0 Å². The van der Waals surface area contributed by atoms with Gasteiger partial charge in [-0.1, -0.05) is 0 Å². The van der Waals surface area contributed by atoms with Gasteiger partial charge in [0.25, 0.3) is 0 Å². The molecule has 0 amide bonds. The monoisotopic (exact) mass is 116 g/mol. The molecule has 0 spiro atoms. The lowest BCUT2D eigenvalue weighted by atomic mass is 10.5. The molecule has 46 valence electrons. The van der Waals surface area contributed by atoms with Crippen molar-refractivity contribution in [2.75, 3.05) is 13.2 Å². The molecule has 1 aliphatic rings. The van der Waals surface area contributed by atoms with Crippen LogP contribution >= 0.6 is 0 Å². The number of hydrogen-bond acceptors (Lipinski definition) is 3. The highest BCUT2D eigenvalue weighted by Gasteiger charge is 2.23. The van der Waals surface area contributed by atoms with Crippen LogP contribution in [0.4, 0.5) is 0 Å². The molecule has 1 aliphatic heterocycles. The van der Waals surface area contributed by atoms with Crippen LogP contribution in [0.3, 0.4) is 0 Å². The van der Waals surface area contributed by atoms with Gasteiger partial charge in [-0.3, -0.25) is 4.79 Å². The van der Waals surface area contributed by atoms with Crippen molar-refractivity contribution in [3.05, 3.63) is 0 Å².